The minimum absolute atomic E-state index is 0.0874. The molecular weight excluding hydrogens is 440 g/mol. The van der Waals surface area contributed by atoms with Crippen molar-refractivity contribution in [1.29, 1.82) is 0 Å². The number of carboxylic acids is 1. The van der Waals surface area contributed by atoms with E-state index in [1.165, 1.54) is 0 Å². The Balaban J connectivity index is 1.23. The van der Waals surface area contributed by atoms with Crippen LogP contribution in [-0.2, 0) is 16.0 Å². The molecule has 6 nitrogen and oxygen atoms in total. The molecule has 0 radical (unpaired) electrons. The molecule has 1 unspecified atom stereocenters. The number of carboxylic acid groups (broad SMARTS) is 1. The lowest BCUT2D eigenvalue weighted by atomic mass is 9.98. The molecule has 0 aliphatic heterocycles. The number of benzene rings is 3. The molecule has 0 saturated carbocycles. The first-order valence-electron chi connectivity index (χ1n) is 11.4. The Morgan fingerprint density at radius 2 is 1.49 bits per heavy atom. The van der Waals surface area contributed by atoms with Gasteiger partial charge in [-0.3, -0.25) is 4.98 Å². The van der Waals surface area contributed by atoms with Crippen LogP contribution in [0.1, 0.15) is 22.6 Å². The number of aliphatic carboxylic acids is 1. The zero-order chi connectivity index (χ0) is 24.2. The van der Waals surface area contributed by atoms with Crippen molar-refractivity contribution in [2.45, 2.75) is 18.4 Å². The van der Waals surface area contributed by atoms with Gasteiger partial charge in [0.1, 0.15) is 12.6 Å². The van der Waals surface area contributed by atoms with Gasteiger partial charge in [-0.25, -0.2) is 9.59 Å². The normalized spacial score (nSPS) is 12.9. The van der Waals surface area contributed by atoms with Gasteiger partial charge in [0.05, 0.1) is 5.69 Å². The second-order valence-corrected chi connectivity index (χ2v) is 8.48. The monoisotopic (exact) mass is 464 g/mol. The zero-order valence-electron chi connectivity index (χ0n) is 18.9. The molecular formula is C29H24N2O4. The number of alkyl carbamates (subject to hydrolysis) is 1. The number of amides is 1. The predicted octanol–water partition coefficient (Wildman–Crippen LogP) is 5.28. The molecule has 35 heavy (non-hydrogen) atoms. The van der Waals surface area contributed by atoms with Crippen LogP contribution in [0.4, 0.5) is 4.79 Å². The summed E-state index contributed by atoms with van der Waals surface area (Å²) in [5.74, 6) is -1.21. The number of fused-ring (bicyclic) bond motifs is 3. The first-order chi connectivity index (χ1) is 17.1. The van der Waals surface area contributed by atoms with Gasteiger partial charge >= 0.3 is 12.1 Å². The highest BCUT2D eigenvalue weighted by Gasteiger charge is 2.29. The quantitative estimate of drug-likeness (QED) is 0.388. The van der Waals surface area contributed by atoms with Crippen LogP contribution in [0.2, 0.25) is 0 Å². The Labute approximate surface area is 203 Å². The van der Waals surface area contributed by atoms with Gasteiger partial charge in [0, 0.05) is 24.1 Å². The zero-order valence-corrected chi connectivity index (χ0v) is 18.9. The Hall–Kier alpha value is -4.45. The highest BCUT2D eigenvalue weighted by atomic mass is 16.5. The molecule has 0 spiro atoms. The highest BCUT2D eigenvalue weighted by molar-refractivity contribution is 5.81. The molecule has 1 heterocycles. The second-order valence-electron chi connectivity index (χ2n) is 8.48. The van der Waals surface area contributed by atoms with Gasteiger partial charge in [0.15, 0.2) is 0 Å². The summed E-state index contributed by atoms with van der Waals surface area (Å²) in [6.45, 7) is 0.130. The van der Waals surface area contributed by atoms with Crippen LogP contribution in [-0.4, -0.2) is 34.8 Å². The summed E-state index contributed by atoms with van der Waals surface area (Å²) in [6.07, 6.45) is 1.12. The molecule has 5 rings (SSSR count). The maximum absolute atomic E-state index is 12.6. The van der Waals surface area contributed by atoms with E-state index in [0.717, 1.165) is 39.1 Å². The minimum Gasteiger partial charge on any atom is -0.480 e. The van der Waals surface area contributed by atoms with E-state index in [-0.39, 0.29) is 18.9 Å². The summed E-state index contributed by atoms with van der Waals surface area (Å²) < 4.78 is 5.51. The molecule has 1 atom stereocenters. The molecule has 2 N–H and O–H groups in total. The summed E-state index contributed by atoms with van der Waals surface area (Å²) in [6, 6.07) is 28.2. The number of hydrogen-bond acceptors (Lipinski definition) is 4. The van der Waals surface area contributed by atoms with Crippen LogP contribution < -0.4 is 5.32 Å². The van der Waals surface area contributed by atoms with Crippen LogP contribution in [0.25, 0.3) is 22.4 Å². The summed E-state index contributed by atoms with van der Waals surface area (Å²) in [5.41, 5.74) is 7.03. The number of carbonyl (C=O) groups is 2. The van der Waals surface area contributed by atoms with Crippen molar-refractivity contribution < 1.29 is 19.4 Å². The smallest absolute Gasteiger partial charge is 0.407 e. The van der Waals surface area contributed by atoms with Crippen molar-refractivity contribution in [2.24, 2.45) is 0 Å². The molecule has 1 aliphatic carbocycles. The average molecular weight is 465 g/mol. The molecule has 1 aromatic heterocycles. The van der Waals surface area contributed by atoms with Crippen LogP contribution in [0, 0.1) is 0 Å². The van der Waals surface area contributed by atoms with Crippen molar-refractivity contribution in [2.75, 3.05) is 6.61 Å². The fourth-order valence-corrected chi connectivity index (χ4v) is 4.56. The number of rotatable bonds is 7. The van der Waals surface area contributed by atoms with Crippen LogP contribution in [0.15, 0.2) is 97.2 Å². The van der Waals surface area contributed by atoms with Gasteiger partial charge < -0.3 is 15.2 Å². The Bertz CT molecular complexity index is 1310. The third-order valence-electron chi connectivity index (χ3n) is 6.29. The largest absolute Gasteiger partial charge is 0.480 e. The van der Waals surface area contributed by atoms with E-state index in [2.05, 4.69) is 22.4 Å². The predicted molar refractivity (Wildman–Crippen MR) is 133 cm³/mol. The molecule has 6 heteroatoms. The molecule has 3 aromatic carbocycles. The van der Waals surface area contributed by atoms with Crippen LogP contribution in [0.5, 0.6) is 0 Å². The van der Waals surface area contributed by atoms with Gasteiger partial charge in [-0.05, 0) is 39.9 Å². The summed E-state index contributed by atoms with van der Waals surface area (Å²) in [5, 5.41) is 12.2. The number of pyridine rings is 1. The fraction of sp³-hybridized carbons (Fsp3) is 0.138. The van der Waals surface area contributed by atoms with Gasteiger partial charge in [-0.2, -0.15) is 0 Å². The first-order valence-corrected chi connectivity index (χ1v) is 11.4. The molecule has 1 aliphatic rings. The third kappa shape index (κ3) is 4.77. The SMILES string of the molecule is O=C(NC(Cc1ccc(-c2ccccn2)cc1)C(=O)O)OCC1c2ccccc2-c2ccccc21. The number of aromatic nitrogens is 1. The van der Waals surface area contributed by atoms with Crippen molar-refractivity contribution in [3.05, 3.63) is 114 Å². The van der Waals surface area contributed by atoms with Crippen molar-refractivity contribution >= 4 is 12.1 Å². The molecule has 0 saturated heterocycles. The Morgan fingerprint density at radius 1 is 0.857 bits per heavy atom. The topological polar surface area (TPSA) is 88.5 Å². The number of nitrogens with one attached hydrogen (secondary N) is 1. The number of ether oxygens (including phenoxy) is 1. The van der Waals surface area contributed by atoms with E-state index >= 15 is 0 Å². The van der Waals surface area contributed by atoms with Gasteiger partial charge in [0.25, 0.3) is 0 Å². The fourth-order valence-electron chi connectivity index (χ4n) is 4.56. The summed E-state index contributed by atoms with van der Waals surface area (Å²) >= 11 is 0. The van der Waals surface area contributed by atoms with Gasteiger partial charge in [-0.1, -0.05) is 78.9 Å². The van der Waals surface area contributed by atoms with E-state index in [9.17, 15) is 14.7 Å². The highest BCUT2D eigenvalue weighted by Crippen LogP contribution is 2.44. The maximum Gasteiger partial charge on any atom is 0.407 e. The minimum atomic E-state index is -1.12. The van der Waals surface area contributed by atoms with E-state index in [4.69, 9.17) is 4.74 Å². The molecule has 174 valence electrons. The van der Waals surface area contributed by atoms with Crippen LogP contribution in [0.3, 0.4) is 0 Å². The molecule has 1 amide bonds. The Morgan fingerprint density at radius 3 is 2.09 bits per heavy atom. The lowest BCUT2D eigenvalue weighted by Gasteiger charge is -2.17. The molecule has 0 bridgehead atoms. The van der Waals surface area contributed by atoms with Crippen molar-refractivity contribution in [3.8, 4) is 22.4 Å². The van der Waals surface area contributed by atoms with Crippen LogP contribution >= 0.6 is 0 Å². The van der Waals surface area contributed by atoms with E-state index in [1.54, 1.807) is 6.20 Å². The van der Waals surface area contributed by atoms with Gasteiger partial charge in [-0.15, -0.1) is 0 Å². The Kier molecular flexibility index (Phi) is 6.26. The molecule has 4 aromatic rings. The van der Waals surface area contributed by atoms with Crippen molar-refractivity contribution in [3.63, 3.8) is 0 Å². The second kappa shape index (κ2) is 9.81. The average Bonchev–Trinajstić information content (AvgIpc) is 3.21. The van der Waals surface area contributed by atoms with E-state index in [0.29, 0.717) is 0 Å². The van der Waals surface area contributed by atoms with Gasteiger partial charge in [0.2, 0.25) is 0 Å². The first kappa shape index (κ1) is 22.3. The number of nitrogens with zero attached hydrogens (tertiary/aromatic N) is 1. The summed E-state index contributed by atoms with van der Waals surface area (Å²) in [4.78, 5) is 28.7. The third-order valence-corrected chi connectivity index (χ3v) is 6.29. The lowest BCUT2D eigenvalue weighted by molar-refractivity contribution is -0.139. The lowest BCUT2D eigenvalue weighted by Crippen LogP contribution is -2.42. The number of carbonyl (C=O) groups excluding carboxylic acids is 1. The van der Waals surface area contributed by atoms with Crippen molar-refractivity contribution in [1.82, 2.24) is 10.3 Å². The summed E-state index contributed by atoms with van der Waals surface area (Å²) in [7, 11) is 0. The standard InChI is InChI=1S/C29H24N2O4/c32-28(33)27(17-19-12-14-20(15-13-19)26-11-5-6-16-30-26)31-29(34)35-18-25-23-9-3-1-7-21(23)22-8-2-4-10-24(22)25/h1-16,25,27H,17-18H2,(H,31,34)(H,32,33). The van der Waals surface area contributed by atoms with E-state index in [1.807, 2.05) is 78.9 Å². The number of hydrogen-bond donors (Lipinski definition) is 2. The molecule has 0 fully saturated rings. The maximum atomic E-state index is 12.6. The van der Waals surface area contributed by atoms with E-state index < -0.39 is 18.1 Å².